The van der Waals surface area contributed by atoms with Gasteiger partial charge in [-0.05, 0) is 81.8 Å². The van der Waals surface area contributed by atoms with Crippen molar-refractivity contribution in [1.29, 1.82) is 0 Å². The smallest absolute Gasteiger partial charge is 0.264 e. The van der Waals surface area contributed by atoms with E-state index in [4.69, 9.17) is 11.6 Å². The molecule has 0 radical (unpaired) electrons. The summed E-state index contributed by atoms with van der Waals surface area (Å²) >= 11 is 6.00. The number of halogens is 2. The molecule has 0 aromatic heterocycles. The largest absolute Gasteiger partial charge is 0.352 e. The zero-order chi connectivity index (χ0) is 28.0. The van der Waals surface area contributed by atoms with Crippen LogP contribution in [0.5, 0.6) is 0 Å². The van der Waals surface area contributed by atoms with Crippen molar-refractivity contribution in [3.63, 3.8) is 0 Å². The van der Waals surface area contributed by atoms with Crippen LogP contribution in [0.15, 0.2) is 77.7 Å². The highest BCUT2D eigenvalue weighted by Crippen LogP contribution is 2.25. The van der Waals surface area contributed by atoms with Gasteiger partial charge in [-0.1, -0.05) is 41.4 Å². The molecule has 3 aromatic rings. The van der Waals surface area contributed by atoms with Gasteiger partial charge in [0.25, 0.3) is 10.0 Å². The number of hydrogen-bond acceptors (Lipinski definition) is 4. The van der Waals surface area contributed by atoms with Gasteiger partial charge in [-0.3, -0.25) is 13.9 Å². The fourth-order valence-corrected chi connectivity index (χ4v) is 5.29. The minimum absolute atomic E-state index is 0.0184. The molecule has 0 aliphatic heterocycles. The highest BCUT2D eigenvalue weighted by molar-refractivity contribution is 7.92. The molecule has 7 nitrogen and oxygen atoms in total. The monoisotopic (exact) mass is 559 g/mol. The normalized spacial score (nSPS) is 12.2. The van der Waals surface area contributed by atoms with E-state index in [1.807, 2.05) is 6.92 Å². The average molecular weight is 560 g/mol. The van der Waals surface area contributed by atoms with Crippen molar-refractivity contribution in [2.75, 3.05) is 10.8 Å². The van der Waals surface area contributed by atoms with Crippen LogP contribution in [-0.4, -0.2) is 43.8 Å². The van der Waals surface area contributed by atoms with Gasteiger partial charge in [-0.2, -0.15) is 0 Å². The van der Waals surface area contributed by atoms with Gasteiger partial charge in [-0.15, -0.1) is 0 Å². The summed E-state index contributed by atoms with van der Waals surface area (Å²) < 4.78 is 42.0. The van der Waals surface area contributed by atoms with E-state index in [0.29, 0.717) is 10.6 Å². The summed E-state index contributed by atoms with van der Waals surface area (Å²) in [6.07, 6.45) is 0. The van der Waals surface area contributed by atoms with Gasteiger partial charge in [0.2, 0.25) is 11.8 Å². The minimum Gasteiger partial charge on any atom is -0.352 e. The van der Waals surface area contributed by atoms with E-state index in [-0.39, 0.29) is 29.1 Å². The van der Waals surface area contributed by atoms with Crippen LogP contribution in [-0.2, 0) is 26.2 Å². The number of rotatable bonds is 10. The Balaban J connectivity index is 2.02. The van der Waals surface area contributed by atoms with E-state index in [1.54, 1.807) is 57.2 Å². The highest BCUT2D eigenvalue weighted by atomic mass is 35.5. The lowest BCUT2D eigenvalue weighted by Gasteiger charge is -2.32. The summed E-state index contributed by atoms with van der Waals surface area (Å²) in [6.45, 7) is 6.47. The van der Waals surface area contributed by atoms with Gasteiger partial charge >= 0.3 is 0 Å². The molecule has 0 bridgehead atoms. The third-order valence-electron chi connectivity index (χ3n) is 5.87. The number of nitrogens with zero attached hydrogens (tertiary/aromatic N) is 2. The molecule has 0 fully saturated rings. The summed E-state index contributed by atoms with van der Waals surface area (Å²) in [5, 5.41) is 3.32. The Kier molecular flexibility index (Phi) is 9.51. The van der Waals surface area contributed by atoms with E-state index < -0.39 is 34.3 Å². The number of carbonyl (C=O) groups excluding carboxylic acids is 2. The molecule has 3 aromatic carbocycles. The van der Waals surface area contributed by atoms with Crippen molar-refractivity contribution in [2.24, 2.45) is 0 Å². The first-order chi connectivity index (χ1) is 17.9. The maximum Gasteiger partial charge on any atom is 0.264 e. The second-order valence-corrected chi connectivity index (χ2v) is 11.6. The zero-order valence-corrected chi connectivity index (χ0v) is 23.3. The third-order valence-corrected chi connectivity index (χ3v) is 7.91. The molecule has 0 saturated carbocycles. The molecular formula is C28H31ClFN3O4S. The molecule has 2 amide bonds. The summed E-state index contributed by atoms with van der Waals surface area (Å²) in [5.74, 6) is -1.53. The molecule has 3 rings (SSSR count). The van der Waals surface area contributed by atoms with Crippen molar-refractivity contribution < 1.29 is 22.4 Å². The quantitative estimate of drug-likeness (QED) is 0.382. The molecule has 0 saturated heterocycles. The van der Waals surface area contributed by atoms with E-state index >= 15 is 0 Å². The van der Waals surface area contributed by atoms with Crippen LogP contribution in [0.2, 0.25) is 5.02 Å². The van der Waals surface area contributed by atoms with Crippen LogP contribution in [0.1, 0.15) is 31.9 Å². The Labute approximate surface area is 228 Å². The van der Waals surface area contributed by atoms with Crippen molar-refractivity contribution in [3.05, 3.63) is 94.8 Å². The lowest BCUT2D eigenvalue weighted by Crippen LogP contribution is -2.52. The van der Waals surface area contributed by atoms with Gasteiger partial charge in [-0.25, -0.2) is 12.8 Å². The van der Waals surface area contributed by atoms with Crippen molar-refractivity contribution in [1.82, 2.24) is 10.2 Å². The number of sulfonamides is 1. The van der Waals surface area contributed by atoms with Crippen LogP contribution in [0.3, 0.4) is 0 Å². The van der Waals surface area contributed by atoms with Crippen LogP contribution in [0, 0.1) is 12.7 Å². The maximum absolute atomic E-state index is 13.8. The molecule has 0 heterocycles. The van der Waals surface area contributed by atoms with Crippen LogP contribution in [0.4, 0.5) is 10.1 Å². The second-order valence-electron chi connectivity index (χ2n) is 9.29. The lowest BCUT2D eigenvalue weighted by molar-refractivity contribution is -0.139. The Morgan fingerprint density at radius 2 is 1.50 bits per heavy atom. The predicted molar refractivity (Wildman–Crippen MR) is 147 cm³/mol. The SMILES string of the molecule is Cc1ccc(S(=O)(=O)N(CC(=O)N(Cc2ccc(Cl)cc2)[C@@H](C)C(=O)NC(C)C)c2ccc(F)cc2)cc1. The summed E-state index contributed by atoms with van der Waals surface area (Å²) in [5.41, 5.74) is 1.69. The highest BCUT2D eigenvalue weighted by Gasteiger charge is 2.32. The number of amides is 2. The van der Waals surface area contributed by atoms with Gasteiger partial charge in [0, 0.05) is 17.6 Å². The molecule has 38 heavy (non-hydrogen) atoms. The van der Waals surface area contributed by atoms with Gasteiger partial charge in [0.05, 0.1) is 10.6 Å². The van der Waals surface area contributed by atoms with E-state index in [9.17, 15) is 22.4 Å². The molecule has 202 valence electrons. The molecule has 0 aliphatic rings. The van der Waals surface area contributed by atoms with Gasteiger partial charge in [0.15, 0.2) is 0 Å². The third kappa shape index (κ3) is 7.33. The predicted octanol–water partition coefficient (Wildman–Crippen LogP) is 4.92. The number of nitrogens with one attached hydrogen (secondary N) is 1. The average Bonchev–Trinajstić information content (AvgIpc) is 2.87. The summed E-state index contributed by atoms with van der Waals surface area (Å²) in [4.78, 5) is 28.0. The zero-order valence-electron chi connectivity index (χ0n) is 21.7. The maximum atomic E-state index is 13.8. The van der Waals surface area contributed by atoms with Crippen molar-refractivity contribution in [2.45, 2.75) is 51.2 Å². The van der Waals surface area contributed by atoms with Gasteiger partial charge in [0.1, 0.15) is 18.4 Å². The number of carbonyl (C=O) groups is 2. The summed E-state index contributed by atoms with van der Waals surface area (Å²) in [6, 6.07) is 16.8. The van der Waals surface area contributed by atoms with Gasteiger partial charge < -0.3 is 10.2 Å². The fraction of sp³-hybridized carbons (Fsp3) is 0.286. The number of benzene rings is 3. The standard InChI is InChI=1S/C28H31ClFN3O4S/c1-19(2)31-28(35)21(4)32(17-22-7-9-23(29)10-8-22)27(34)18-33(25-13-11-24(30)12-14-25)38(36,37)26-15-5-20(3)6-16-26/h5-16,19,21H,17-18H2,1-4H3,(H,31,35)/t21-/m0/s1. The first-order valence-electron chi connectivity index (χ1n) is 12.1. The minimum atomic E-state index is -4.21. The van der Waals surface area contributed by atoms with E-state index in [1.165, 1.54) is 29.2 Å². The molecule has 1 atom stereocenters. The Bertz CT molecular complexity index is 1360. The molecule has 0 spiro atoms. The number of hydrogen-bond donors (Lipinski definition) is 1. The number of aryl methyl sites for hydroxylation is 1. The van der Waals surface area contributed by atoms with Crippen molar-refractivity contribution >= 4 is 39.1 Å². The molecule has 10 heteroatoms. The van der Waals surface area contributed by atoms with E-state index in [0.717, 1.165) is 22.0 Å². The molecule has 0 unspecified atom stereocenters. The topological polar surface area (TPSA) is 86.8 Å². The lowest BCUT2D eigenvalue weighted by atomic mass is 10.1. The molecule has 1 N–H and O–H groups in total. The summed E-state index contributed by atoms with van der Waals surface area (Å²) in [7, 11) is -4.21. The van der Waals surface area contributed by atoms with E-state index in [2.05, 4.69) is 5.32 Å². The van der Waals surface area contributed by atoms with Crippen LogP contribution < -0.4 is 9.62 Å². The van der Waals surface area contributed by atoms with Crippen molar-refractivity contribution in [3.8, 4) is 0 Å². The molecular weight excluding hydrogens is 529 g/mol. The number of anilines is 1. The second kappa shape index (κ2) is 12.4. The fourth-order valence-electron chi connectivity index (χ4n) is 3.75. The van der Waals surface area contributed by atoms with Crippen LogP contribution >= 0.6 is 11.6 Å². The Morgan fingerprint density at radius 3 is 2.05 bits per heavy atom. The molecule has 0 aliphatic carbocycles. The Morgan fingerprint density at radius 1 is 0.921 bits per heavy atom. The first kappa shape index (κ1) is 29.1. The van der Waals surface area contributed by atoms with Crippen LogP contribution in [0.25, 0.3) is 0 Å². The first-order valence-corrected chi connectivity index (χ1v) is 13.9. The Hall–Kier alpha value is -3.43.